The number of nitrogens with zero attached hydrogens (tertiary/aromatic N) is 4. The van der Waals surface area contributed by atoms with E-state index in [4.69, 9.17) is 0 Å². The number of carbonyl (C=O) groups is 1. The summed E-state index contributed by atoms with van der Waals surface area (Å²) in [5.41, 5.74) is 0.777. The number of amides is 1. The van der Waals surface area contributed by atoms with E-state index in [1.54, 1.807) is 30.8 Å². The number of nitrogens with one attached hydrogen (secondary N) is 1. The lowest BCUT2D eigenvalue weighted by atomic mass is 10.1. The number of hydrogen-bond acceptors (Lipinski definition) is 6. The lowest BCUT2D eigenvalue weighted by Gasteiger charge is -2.11. The van der Waals surface area contributed by atoms with Crippen LogP contribution in [-0.4, -0.2) is 38.4 Å². The monoisotopic (exact) mass is 391 g/mol. The number of carbonyl (C=O) groups excluding carboxylic acids is 1. The molecule has 8 nitrogen and oxygen atoms in total. The van der Waals surface area contributed by atoms with E-state index in [-0.39, 0.29) is 11.6 Å². The molecule has 0 spiro atoms. The van der Waals surface area contributed by atoms with E-state index in [0.29, 0.717) is 36.4 Å². The van der Waals surface area contributed by atoms with E-state index in [9.17, 15) is 14.9 Å². The van der Waals surface area contributed by atoms with Crippen molar-refractivity contribution >= 4 is 23.4 Å². The van der Waals surface area contributed by atoms with Gasteiger partial charge in [-0.25, -0.2) is 0 Å². The van der Waals surface area contributed by atoms with E-state index >= 15 is 0 Å². The molecule has 0 aliphatic heterocycles. The van der Waals surface area contributed by atoms with Crippen LogP contribution in [0.1, 0.15) is 42.0 Å². The average Bonchev–Trinajstić information content (AvgIpc) is 2.99. The van der Waals surface area contributed by atoms with Crippen LogP contribution in [0.15, 0.2) is 23.4 Å². The summed E-state index contributed by atoms with van der Waals surface area (Å²) in [6.07, 6.45) is 3.39. The minimum Gasteiger partial charge on any atom is -0.352 e. The van der Waals surface area contributed by atoms with Crippen molar-refractivity contribution in [2.75, 3.05) is 12.8 Å². The number of nitro groups is 1. The van der Waals surface area contributed by atoms with Crippen molar-refractivity contribution in [2.24, 2.45) is 5.92 Å². The highest BCUT2D eigenvalue weighted by Gasteiger charge is 2.15. The minimum absolute atomic E-state index is 0.0472. The van der Waals surface area contributed by atoms with Gasteiger partial charge in [0.05, 0.1) is 4.92 Å². The molecule has 0 aliphatic carbocycles. The van der Waals surface area contributed by atoms with Gasteiger partial charge in [-0.05, 0) is 31.6 Å². The molecule has 0 fully saturated rings. The Bertz CT molecular complexity index is 819. The standard InChI is InChI=1S/C18H25N5O3S/c1-12(2)11-22-16(20-21-18(22)27-4)6-5-9-19-17(24)14-8-7-13(3)15(10-14)23(25)26/h7-8,10,12H,5-6,9,11H2,1-4H3,(H,19,24). The Morgan fingerprint density at radius 2 is 2.11 bits per heavy atom. The Hall–Kier alpha value is -2.42. The van der Waals surface area contributed by atoms with Crippen molar-refractivity contribution in [1.29, 1.82) is 0 Å². The zero-order valence-corrected chi connectivity index (χ0v) is 16.9. The third-order valence-electron chi connectivity index (χ3n) is 4.05. The van der Waals surface area contributed by atoms with Crippen molar-refractivity contribution < 1.29 is 9.72 Å². The molecule has 0 saturated heterocycles. The van der Waals surface area contributed by atoms with Gasteiger partial charge in [0.2, 0.25) is 0 Å². The number of thioether (sulfide) groups is 1. The largest absolute Gasteiger partial charge is 0.352 e. The lowest BCUT2D eigenvalue weighted by molar-refractivity contribution is -0.385. The molecule has 0 saturated carbocycles. The van der Waals surface area contributed by atoms with E-state index in [1.165, 1.54) is 6.07 Å². The second-order valence-corrected chi connectivity index (χ2v) is 7.50. The molecule has 1 heterocycles. The Balaban J connectivity index is 1.92. The molecule has 1 amide bonds. The van der Waals surface area contributed by atoms with Crippen molar-refractivity contribution in [2.45, 2.75) is 45.3 Å². The molecule has 146 valence electrons. The Morgan fingerprint density at radius 3 is 2.74 bits per heavy atom. The van der Waals surface area contributed by atoms with Crippen LogP contribution in [-0.2, 0) is 13.0 Å². The molecule has 27 heavy (non-hydrogen) atoms. The number of nitro benzene ring substituents is 1. The number of benzene rings is 1. The predicted octanol–water partition coefficient (Wildman–Crippen LogP) is 3.24. The second-order valence-electron chi connectivity index (χ2n) is 6.73. The fraction of sp³-hybridized carbons (Fsp3) is 0.500. The SMILES string of the molecule is CSc1nnc(CCCNC(=O)c2ccc(C)c([N+](=O)[O-])c2)n1CC(C)C. The van der Waals surface area contributed by atoms with Gasteiger partial charge in [0.25, 0.3) is 11.6 Å². The quantitative estimate of drug-likeness (QED) is 0.305. The van der Waals surface area contributed by atoms with E-state index in [0.717, 1.165) is 17.5 Å². The molecular weight excluding hydrogens is 366 g/mol. The maximum Gasteiger partial charge on any atom is 0.273 e. The van der Waals surface area contributed by atoms with Crippen LogP contribution in [0.2, 0.25) is 0 Å². The number of aromatic nitrogens is 3. The van der Waals surface area contributed by atoms with E-state index in [1.807, 2.05) is 6.26 Å². The van der Waals surface area contributed by atoms with Crippen LogP contribution >= 0.6 is 11.8 Å². The van der Waals surface area contributed by atoms with Crippen molar-refractivity contribution in [3.63, 3.8) is 0 Å². The molecule has 0 radical (unpaired) electrons. The summed E-state index contributed by atoms with van der Waals surface area (Å²) in [6, 6.07) is 4.50. The first-order valence-electron chi connectivity index (χ1n) is 8.82. The molecule has 2 rings (SSSR count). The summed E-state index contributed by atoms with van der Waals surface area (Å²) in [6.45, 7) is 7.27. The summed E-state index contributed by atoms with van der Waals surface area (Å²) < 4.78 is 2.13. The molecule has 1 aromatic carbocycles. The summed E-state index contributed by atoms with van der Waals surface area (Å²) in [7, 11) is 0. The summed E-state index contributed by atoms with van der Waals surface area (Å²) in [5.74, 6) is 1.09. The molecule has 0 atom stereocenters. The molecule has 9 heteroatoms. The molecule has 1 aromatic heterocycles. The molecule has 2 aromatic rings. The second kappa shape index (κ2) is 9.50. The maximum atomic E-state index is 12.2. The molecule has 0 aliphatic rings. The Morgan fingerprint density at radius 1 is 1.37 bits per heavy atom. The third kappa shape index (κ3) is 5.53. The van der Waals surface area contributed by atoms with Crippen LogP contribution in [0.25, 0.3) is 0 Å². The summed E-state index contributed by atoms with van der Waals surface area (Å²) in [5, 5.41) is 23.2. The minimum atomic E-state index is -0.475. The summed E-state index contributed by atoms with van der Waals surface area (Å²) >= 11 is 1.57. The average molecular weight is 391 g/mol. The van der Waals surface area contributed by atoms with Crippen LogP contribution in [0.3, 0.4) is 0 Å². The highest BCUT2D eigenvalue weighted by Crippen LogP contribution is 2.19. The molecule has 0 bridgehead atoms. The number of hydrogen-bond donors (Lipinski definition) is 1. The van der Waals surface area contributed by atoms with E-state index in [2.05, 4.69) is 33.9 Å². The van der Waals surface area contributed by atoms with Crippen LogP contribution in [0, 0.1) is 23.0 Å². The van der Waals surface area contributed by atoms with Gasteiger partial charge in [-0.3, -0.25) is 14.9 Å². The number of aryl methyl sites for hydroxylation is 2. The van der Waals surface area contributed by atoms with Gasteiger partial charge in [0, 0.05) is 36.7 Å². The zero-order valence-electron chi connectivity index (χ0n) is 16.1. The van der Waals surface area contributed by atoms with Crippen molar-refractivity contribution in [1.82, 2.24) is 20.1 Å². The molecule has 0 unspecified atom stereocenters. The highest BCUT2D eigenvalue weighted by atomic mass is 32.2. The third-order valence-corrected chi connectivity index (χ3v) is 4.72. The first kappa shape index (κ1) is 20.9. The van der Waals surface area contributed by atoms with Gasteiger partial charge in [-0.15, -0.1) is 10.2 Å². The fourth-order valence-electron chi connectivity index (χ4n) is 2.70. The molecular formula is C18H25N5O3S. The van der Waals surface area contributed by atoms with Crippen LogP contribution in [0.5, 0.6) is 0 Å². The fourth-order valence-corrected chi connectivity index (χ4v) is 3.22. The van der Waals surface area contributed by atoms with Crippen molar-refractivity contribution in [3.05, 3.63) is 45.3 Å². The van der Waals surface area contributed by atoms with Gasteiger partial charge in [-0.1, -0.05) is 31.7 Å². The van der Waals surface area contributed by atoms with Crippen molar-refractivity contribution in [3.8, 4) is 0 Å². The van der Waals surface area contributed by atoms with Gasteiger partial charge in [0.15, 0.2) is 5.16 Å². The first-order valence-corrected chi connectivity index (χ1v) is 10.0. The normalized spacial score (nSPS) is 11.0. The maximum absolute atomic E-state index is 12.2. The Labute approximate surface area is 162 Å². The predicted molar refractivity (Wildman–Crippen MR) is 105 cm³/mol. The Kier molecular flexibility index (Phi) is 7.35. The summed E-state index contributed by atoms with van der Waals surface area (Å²) in [4.78, 5) is 22.8. The smallest absolute Gasteiger partial charge is 0.273 e. The highest BCUT2D eigenvalue weighted by molar-refractivity contribution is 7.98. The van der Waals surface area contributed by atoms with Crippen LogP contribution < -0.4 is 5.32 Å². The topological polar surface area (TPSA) is 103 Å². The van der Waals surface area contributed by atoms with E-state index < -0.39 is 4.92 Å². The van der Waals surface area contributed by atoms with Gasteiger partial charge >= 0.3 is 0 Å². The molecule has 1 N–H and O–H groups in total. The first-order chi connectivity index (χ1) is 12.8. The van der Waals surface area contributed by atoms with Crippen LogP contribution in [0.4, 0.5) is 5.69 Å². The van der Waals surface area contributed by atoms with Gasteiger partial charge < -0.3 is 9.88 Å². The van der Waals surface area contributed by atoms with Gasteiger partial charge in [0.1, 0.15) is 5.82 Å². The lowest BCUT2D eigenvalue weighted by Crippen LogP contribution is -2.25. The van der Waals surface area contributed by atoms with Gasteiger partial charge in [-0.2, -0.15) is 0 Å². The number of rotatable bonds is 9. The zero-order chi connectivity index (χ0) is 20.0.